The van der Waals surface area contributed by atoms with Crippen LogP contribution in [0.15, 0.2) is 42.6 Å². The first kappa shape index (κ1) is 23.1. The van der Waals surface area contributed by atoms with E-state index in [4.69, 9.17) is 29.3 Å². The van der Waals surface area contributed by atoms with Crippen LogP contribution >= 0.6 is 0 Å². The van der Waals surface area contributed by atoms with E-state index in [-0.39, 0.29) is 0 Å². The smallest absolute Gasteiger partial charge is 0.414 e. The number of aromatic nitrogens is 1. The van der Waals surface area contributed by atoms with Crippen molar-refractivity contribution >= 4 is 11.9 Å². The molecule has 2 aromatic rings. The quantitative estimate of drug-likeness (QED) is 0.676. The molecular formula is C21H27N3O6. The van der Waals surface area contributed by atoms with Crippen molar-refractivity contribution in [1.29, 1.82) is 0 Å². The van der Waals surface area contributed by atoms with Crippen LogP contribution in [0.4, 0.5) is 0 Å². The molecule has 0 bridgehead atoms. The molecule has 9 nitrogen and oxygen atoms in total. The van der Waals surface area contributed by atoms with Crippen molar-refractivity contribution in [1.82, 2.24) is 14.8 Å². The van der Waals surface area contributed by atoms with Crippen LogP contribution in [0.5, 0.6) is 11.5 Å². The highest BCUT2D eigenvalue weighted by Crippen LogP contribution is 2.31. The Kier molecular flexibility index (Phi) is 9.04. The number of carboxylic acids is 2. The molecule has 1 saturated heterocycles. The predicted molar refractivity (Wildman–Crippen MR) is 110 cm³/mol. The zero-order chi connectivity index (χ0) is 21.9. The van der Waals surface area contributed by atoms with Gasteiger partial charge in [-0.1, -0.05) is 18.2 Å². The molecule has 0 radical (unpaired) electrons. The number of aliphatic carboxylic acids is 2. The van der Waals surface area contributed by atoms with E-state index >= 15 is 0 Å². The van der Waals surface area contributed by atoms with E-state index in [0.717, 1.165) is 56.5 Å². The topological polar surface area (TPSA) is 112 Å². The van der Waals surface area contributed by atoms with Crippen molar-refractivity contribution < 1.29 is 29.3 Å². The van der Waals surface area contributed by atoms with Gasteiger partial charge >= 0.3 is 11.9 Å². The van der Waals surface area contributed by atoms with Crippen molar-refractivity contribution in [2.24, 2.45) is 0 Å². The van der Waals surface area contributed by atoms with Gasteiger partial charge in [0.25, 0.3) is 0 Å². The molecule has 1 aromatic carbocycles. The van der Waals surface area contributed by atoms with Crippen LogP contribution in [0.2, 0.25) is 0 Å². The Labute approximate surface area is 175 Å². The summed E-state index contributed by atoms with van der Waals surface area (Å²) in [5.41, 5.74) is 2.32. The molecule has 1 fully saturated rings. The molecule has 30 heavy (non-hydrogen) atoms. The summed E-state index contributed by atoms with van der Waals surface area (Å²) in [5.74, 6) is -2.01. The average molecular weight is 417 g/mol. The number of pyridine rings is 1. The fourth-order valence-electron chi connectivity index (χ4n) is 3.15. The van der Waals surface area contributed by atoms with Gasteiger partial charge in [-0.3, -0.25) is 14.8 Å². The van der Waals surface area contributed by atoms with Crippen LogP contribution in [0.1, 0.15) is 11.3 Å². The first-order valence-corrected chi connectivity index (χ1v) is 9.45. The lowest BCUT2D eigenvalue weighted by Gasteiger charge is -2.34. The summed E-state index contributed by atoms with van der Waals surface area (Å²) in [6, 6.07) is 12.2. The Morgan fingerprint density at radius 2 is 1.53 bits per heavy atom. The molecule has 1 aliphatic heterocycles. The molecule has 9 heteroatoms. The molecule has 2 N–H and O–H groups in total. The lowest BCUT2D eigenvalue weighted by atomic mass is 10.1. The molecule has 2 heterocycles. The second-order valence-electron chi connectivity index (χ2n) is 6.64. The van der Waals surface area contributed by atoms with Crippen molar-refractivity contribution in [3.05, 3.63) is 53.9 Å². The lowest BCUT2D eigenvalue weighted by Crippen LogP contribution is -2.45. The number of benzene rings is 1. The fourth-order valence-corrected chi connectivity index (χ4v) is 3.15. The maximum atomic E-state index is 9.10. The number of nitrogens with zero attached hydrogens (tertiary/aromatic N) is 3. The first-order chi connectivity index (χ1) is 14.4. The van der Waals surface area contributed by atoms with Crippen LogP contribution in [0, 0.1) is 0 Å². The van der Waals surface area contributed by atoms with E-state index in [0.29, 0.717) is 0 Å². The number of ether oxygens (including phenoxy) is 2. The largest absolute Gasteiger partial charge is 0.493 e. The second kappa shape index (κ2) is 11.7. The molecule has 0 aliphatic carbocycles. The number of methoxy groups -OCH3 is 2. The van der Waals surface area contributed by atoms with Crippen LogP contribution in [-0.2, 0) is 22.7 Å². The van der Waals surface area contributed by atoms with Crippen molar-refractivity contribution in [2.45, 2.75) is 13.1 Å². The zero-order valence-corrected chi connectivity index (χ0v) is 17.2. The summed E-state index contributed by atoms with van der Waals surface area (Å²) in [5, 5.41) is 14.8. The molecule has 0 unspecified atom stereocenters. The number of hydrogen-bond donors (Lipinski definition) is 2. The Morgan fingerprint density at radius 1 is 0.900 bits per heavy atom. The fraction of sp³-hybridized carbons (Fsp3) is 0.381. The van der Waals surface area contributed by atoms with Crippen LogP contribution in [0.3, 0.4) is 0 Å². The molecule has 0 atom stereocenters. The highest BCUT2D eigenvalue weighted by atomic mass is 16.5. The predicted octanol–water partition coefficient (Wildman–Crippen LogP) is 1.57. The van der Waals surface area contributed by atoms with E-state index in [1.807, 2.05) is 30.5 Å². The van der Waals surface area contributed by atoms with Crippen molar-refractivity contribution in [3.63, 3.8) is 0 Å². The molecular weight excluding hydrogens is 390 g/mol. The summed E-state index contributed by atoms with van der Waals surface area (Å²) in [4.78, 5) is 27.5. The molecule has 0 spiro atoms. The Hall–Kier alpha value is -3.17. The summed E-state index contributed by atoms with van der Waals surface area (Å²) in [7, 11) is 3.38. The zero-order valence-electron chi connectivity index (χ0n) is 17.2. The molecule has 162 valence electrons. The summed E-state index contributed by atoms with van der Waals surface area (Å²) in [6.45, 7) is 6.03. The molecule has 0 saturated carbocycles. The third-order valence-electron chi connectivity index (χ3n) is 4.64. The number of hydrogen-bond acceptors (Lipinski definition) is 7. The number of piperazine rings is 1. The third-order valence-corrected chi connectivity index (χ3v) is 4.64. The van der Waals surface area contributed by atoms with Crippen molar-refractivity contribution in [3.8, 4) is 11.5 Å². The summed E-state index contributed by atoms with van der Waals surface area (Å²) >= 11 is 0. The monoisotopic (exact) mass is 417 g/mol. The third kappa shape index (κ3) is 7.02. The maximum Gasteiger partial charge on any atom is 0.414 e. The molecule has 0 amide bonds. The van der Waals surface area contributed by atoms with Gasteiger partial charge in [0.05, 0.1) is 19.9 Å². The van der Waals surface area contributed by atoms with Gasteiger partial charge in [0.1, 0.15) is 0 Å². The Morgan fingerprint density at radius 3 is 2.03 bits per heavy atom. The minimum absolute atomic E-state index is 0.795. The lowest BCUT2D eigenvalue weighted by molar-refractivity contribution is -0.159. The van der Waals surface area contributed by atoms with E-state index in [1.54, 1.807) is 14.2 Å². The van der Waals surface area contributed by atoms with Crippen molar-refractivity contribution in [2.75, 3.05) is 40.4 Å². The molecule has 1 aromatic heterocycles. The highest BCUT2D eigenvalue weighted by molar-refractivity contribution is 6.27. The van der Waals surface area contributed by atoms with Crippen LogP contribution < -0.4 is 9.47 Å². The van der Waals surface area contributed by atoms with Crippen LogP contribution in [-0.4, -0.2) is 77.3 Å². The minimum atomic E-state index is -1.82. The van der Waals surface area contributed by atoms with E-state index in [1.165, 1.54) is 5.56 Å². The van der Waals surface area contributed by atoms with Gasteiger partial charge in [0.2, 0.25) is 0 Å². The number of para-hydroxylation sites is 1. The number of carboxylic acid groups (broad SMARTS) is 2. The van der Waals surface area contributed by atoms with Gasteiger partial charge in [-0.2, -0.15) is 0 Å². The molecule has 1 aliphatic rings. The highest BCUT2D eigenvalue weighted by Gasteiger charge is 2.19. The number of carbonyl (C=O) groups is 2. The Bertz CT molecular complexity index is 811. The summed E-state index contributed by atoms with van der Waals surface area (Å²) < 4.78 is 10.9. The Balaban J connectivity index is 0.000000469. The van der Waals surface area contributed by atoms with E-state index in [2.05, 4.69) is 26.9 Å². The SMILES string of the molecule is COc1cccc(CN2CCN(Cc3ccccn3)CC2)c1OC.O=C(O)C(=O)O. The second-order valence-corrected chi connectivity index (χ2v) is 6.64. The summed E-state index contributed by atoms with van der Waals surface area (Å²) in [6.07, 6.45) is 1.86. The standard InChI is InChI=1S/C19H25N3O2.C2H2O4/c1-23-18-8-5-6-16(19(18)24-2)14-21-10-12-22(13-11-21)15-17-7-3-4-9-20-17;3-1(4)2(5)6/h3-9H,10-15H2,1-2H3;(H,3,4)(H,5,6). The first-order valence-electron chi connectivity index (χ1n) is 9.45. The van der Waals surface area contributed by atoms with Gasteiger partial charge in [0, 0.05) is 51.0 Å². The maximum absolute atomic E-state index is 9.10. The number of rotatable bonds is 6. The van der Waals surface area contributed by atoms with Gasteiger partial charge in [-0.15, -0.1) is 0 Å². The van der Waals surface area contributed by atoms with Gasteiger partial charge in [-0.25, -0.2) is 9.59 Å². The minimum Gasteiger partial charge on any atom is -0.493 e. The normalized spacial score (nSPS) is 14.3. The average Bonchev–Trinajstić information content (AvgIpc) is 2.76. The van der Waals surface area contributed by atoms with Crippen LogP contribution in [0.25, 0.3) is 0 Å². The molecule has 3 rings (SSSR count). The van der Waals surface area contributed by atoms with Gasteiger partial charge in [-0.05, 0) is 18.2 Å². The van der Waals surface area contributed by atoms with Gasteiger partial charge < -0.3 is 19.7 Å². The van der Waals surface area contributed by atoms with E-state index in [9.17, 15) is 0 Å². The van der Waals surface area contributed by atoms with Gasteiger partial charge in [0.15, 0.2) is 11.5 Å². The van der Waals surface area contributed by atoms with E-state index < -0.39 is 11.9 Å².